The summed E-state index contributed by atoms with van der Waals surface area (Å²) in [6.07, 6.45) is 0. The Morgan fingerprint density at radius 3 is 2.61 bits per heavy atom. The highest BCUT2D eigenvalue weighted by Gasteiger charge is 2.02. The van der Waals surface area contributed by atoms with Crippen molar-refractivity contribution in [2.24, 2.45) is 10.9 Å². The fourth-order valence-corrected chi connectivity index (χ4v) is 1.45. The molecule has 0 fully saturated rings. The molecule has 100 valence electrons. The predicted molar refractivity (Wildman–Crippen MR) is 74.2 cm³/mol. The van der Waals surface area contributed by atoms with E-state index in [9.17, 15) is 4.39 Å². The molecule has 0 saturated carbocycles. The zero-order chi connectivity index (χ0) is 13.5. The quantitative estimate of drug-likeness (QED) is 0.637. The molecular formula is C14H22FN3. The van der Waals surface area contributed by atoms with Crippen LogP contribution in [-0.2, 0) is 6.54 Å². The van der Waals surface area contributed by atoms with Crippen molar-refractivity contribution in [3.8, 4) is 0 Å². The van der Waals surface area contributed by atoms with Gasteiger partial charge in [-0.1, -0.05) is 26.0 Å². The van der Waals surface area contributed by atoms with Crippen molar-refractivity contribution in [3.63, 3.8) is 0 Å². The largest absolute Gasteiger partial charge is 0.356 e. The molecule has 0 aliphatic carbocycles. The van der Waals surface area contributed by atoms with Crippen LogP contribution in [0.2, 0.25) is 0 Å². The SMILES string of the molecule is CN=C(NCc1ccc(C)c(F)c1)NCC(C)C. The summed E-state index contributed by atoms with van der Waals surface area (Å²) in [7, 11) is 1.73. The monoisotopic (exact) mass is 251 g/mol. The molecule has 0 bridgehead atoms. The van der Waals surface area contributed by atoms with Crippen molar-refractivity contribution in [1.82, 2.24) is 10.6 Å². The smallest absolute Gasteiger partial charge is 0.191 e. The van der Waals surface area contributed by atoms with Gasteiger partial charge in [0.1, 0.15) is 5.82 Å². The molecule has 1 rings (SSSR count). The van der Waals surface area contributed by atoms with Crippen LogP contribution in [0.5, 0.6) is 0 Å². The lowest BCUT2D eigenvalue weighted by Crippen LogP contribution is -2.38. The van der Waals surface area contributed by atoms with E-state index in [2.05, 4.69) is 29.5 Å². The van der Waals surface area contributed by atoms with E-state index in [1.54, 1.807) is 26.1 Å². The van der Waals surface area contributed by atoms with Gasteiger partial charge >= 0.3 is 0 Å². The van der Waals surface area contributed by atoms with Crippen molar-refractivity contribution < 1.29 is 4.39 Å². The maximum atomic E-state index is 13.4. The van der Waals surface area contributed by atoms with Gasteiger partial charge in [0.2, 0.25) is 0 Å². The molecule has 3 nitrogen and oxygen atoms in total. The highest BCUT2D eigenvalue weighted by molar-refractivity contribution is 5.79. The van der Waals surface area contributed by atoms with Gasteiger partial charge in [0.05, 0.1) is 0 Å². The molecule has 0 radical (unpaired) electrons. The van der Waals surface area contributed by atoms with Crippen LogP contribution in [0.4, 0.5) is 4.39 Å². The number of halogens is 1. The zero-order valence-corrected chi connectivity index (χ0v) is 11.5. The van der Waals surface area contributed by atoms with Gasteiger partial charge in [-0.3, -0.25) is 4.99 Å². The van der Waals surface area contributed by atoms with E-state index in [1.807, 2.05) is 6.07 Å². The summed E-state index contributed by atoms with van der Waals surface area (Å²) in [5.41, 5.74) is 1.58. The Kier molecular flexibility index (Phi) is 5.62. The van der Waals surface area contributed by atoms with Crippen LogP contribution >= 0.6 is 0 Å². The number of nitrogens with one attached hydrogen (secondary N) is 2. The first-order valence-corrected chi connectivity index (χ1v) is 6.22. The van der Waals surface area contributed by atoms with E-state index < -0.39 is 0 Å². The van der Waals surface area contributed by atoms with Crippen LogP contribution in [-0.4, -0.2) is 19.6 Å². The van der Waals surface area contributed by atoms with Crippen molar-refractivity contribution in [3.05, 3.63) is 35.1 Å². The number of aryl methyl sites for hydroxylation is 1. The summed E-state index contributed by atoms with van der Waals surface area (Å²) in [5.74, 6) is 1.13. The van der Waals surface area contributed by atoms with Gasteiger partial charge in [0.25, 0.3) is 0 Å². The van der Waals surface area contributed by atoms with E-state index in [1.165, 1.54) is 0 Å². The number of aliphatic imine (C=N–C) groups is 1. The fraction of sp³-hybridized carbons (Fsp3) is 0.500. The predicted octanol–water partition coefficient (Wildman–Crippen LogP) is 2.46. The first-order chi connectivity index (χ1) is 8.52. The molecule has 0 aliphatic heterocycles. The lowest BCUT2D eigenvalue weighted by Gasteiger charge is -2.13. The first-order valence-electron chi connectivity index (χ1n) is 6.22. The third-order valence-corrected chi connectivity index (χ3v) is 2.60. The van der Waals surface area contributed by atoms with Crippen LogP contribution in [0, 0.1) is 18.7 Å². The molecule has 18 heavy (non-hydrogen) atoms. The summed E-state index contributed by atoms with van der Waals surface area (Å²) < 4.78 is 13.4. The molecule has 0 spiro atoms. The molecule has 2 N–H and O–H groups in total. The van der Waals surface area contributed by atoms with Crippen molar-refractivity contribution in [2.75, 3.05) is 13.6 Å². The molecular weight excluding hydrogens is 229 g/mol. The van der Waals surface area contributed by atoms with Gasteiger partial charge in [-0.15, -0.1) is 0 Å². The Morgan fingerprint density at radius 2 is 2.06 bits per heavy atom. The molecule has 1 aromatic carbocycles. The minimum Gasteiger partial charge on any atom is -0.356 e. The standard InChI is InChI=1S/C14H22FN3/c1-10(2)8-17-14(16-4)18-9-12-6-5-11(3)13(15)7-12/h5-7,10H,8-9H2,1-4H3,(H2,16,17,18). The molecule has 0 aromatic heterocycles. The second-order valence-electron chi connectivity index (χ2n) is 4.78. The Morgan fingerprint density at radius 1 is 1.33 bits per heavy atom. The fourth-order valence-electron chi connectivity index (χ4n) is 1.45. The second kappa shape index (κ2) is 6.99. The minimum absolute atomic E-state index is 0.167. The number of rotatable bonds is 4. The average Bonchev–Trinajstić information content (AvgIpc) is 2.33. The maximum absolute atomic E-state index is 13.4. The van der Waals surface area contributed by atoms with Gasteiger partial charge in [-0.25, -0.2) is 4.39 Å². The summed E-state index contributed by atoms with van der Waals surface area (Å²) in [6.45, 7) is 7.46. The van der Waals surface area contributed by atoms with E-state index in [-0.39, 0.29) is 5.82 Å². The third kappa shape index (κ3) is 4.73. The molecule has 0 aliphatic rings. The number of guanidine groups is 1. The topological polar surface area (TPSA) is 36.4 Å². The number of hydrogen-bond donors (Lipinski definition) is 2. The molecule has 0 saturated heterocycles. The maximum Gasteiger partial charge on any atom is 0.191 e. The first kappa shape index (κ1) is 14.5. The van der Waals surface area contributed by atoms with E-state index in [4.69, 9.17) is 0 Å². The number of nitrogens with zero attached hydrogens (tertiary/aromatic N) is 1. The Hall–Kier alpha value is -1.58. The van der Waals surface area contributed by atoms with Crippen molar-refractivity contribution in [2.45, 2.75) is 27.3 Å². The zero-order valence-electron chi connectivity index (χ0n) is 11.5. The molecule has 0 amide bonds. The highest BCUT2D eigenvalue weighted by atomic mass is 19.1. The lowest BCUT2D eigenvalue weighted by atomic mass is 10.1. The number of hydrogen-bond acceptors (Lipinski definition) is 1. The van der Waals surface area contributed by atoms with Gasteiger partial charge in [0.15, 0.2) is 5.96 Å². The lowest BCUT2D eigenvalue weighted by molar-refractivity contribution is 0.610. The minimum atomic E-state index is -0.167. The van der Waals surface area contributed by atoms with Gasteiger partial charge in [-0.2, -0.15) is 0 Å². The molecule has 0 heterocycles. The van der Waals surface area contributed by atoms with Crippen LogP contribution in [0.1, 0.15) is 25.0 Å². The summed E-state index contributed by atoms with van der Waals surface area (Å²) in [5, 5.41) is 6.37. The molecule has 1 aromatic rings. The Bertz CT molecular complexity index is 414. The van der Waals surface area contributed by atoms with Gasteiger partial charge < -0.3 is 10.6 Å². The van der Waals surface area contributed by atoms with Crippen LogP contribution in [0.3, 0.4) is 0 Å². The average molecular weight is 251 g/mol. The van der Waals surface area contributed by atoms with E-state index >= 15 is 0 Å². The summed E-state index contributed by atoms with van der Waals surface area (Å²) >= 11 is 0. The van der Waals surface area contributed by atoms with Gasteiger partial charge in [0, 0.05) is 20.1 Å². The Balaban J connectivity index is 2.50. The Labute approximate surface area is 109 Å². The molecule has 0 atom stereocenters. The van der Waals surface area contributed by atoms with E-state index in [0.717, 1.165) is 18.1 Å². The van der Waals surface area contributed by atoms with E-state index in [0.29, 0.717) is 18.0 Å². The second-order valence-corrected chi connectivity index (χ2v) is 4.78. The number of benzene rings is 1. The third-order valence-electron chi connectivity index (χ3n) is 2.60. The highest BCUT2D eigenvalue weighted by Crippen LogP contribution is 2.08. The van der Waals surface area contributed by atoms with Crippen LogP contribution in [0.15, 0.2) is 23.2 Å². The summed E-state index contributed by atoms with van der Waals surface area (Å²) in [4.78, 5) is 4.12. The van der Waals surface area contributed by atoms with Crippen molar-refractivity contribution >= 4 is 5.96 Å². The van der Waals surface area contributed by atoms with Gasteiger partial charge in [-0.05, 0) is 30.0 Å². The van der Waals surface area contributed by atoms with Crippen LogP contribution in [0.25, 0.3) is 0 Å². The molecule has 4 heteroatoms. The normalized spacial score (nSPS) is 11.8. The van der Waals surface area contributed by atoms with Crippen LogP contribution < -0.4 is 10.6 Å². The van der Waals surface area contributed by atoms with Crippen molar-refractivity contribution in [1.29, 1.82) is 0 Å². The summed E-state index contributed by atoms with van der Waals surface area (Å²) in [6, 6.07) is 5.26. The molecule has 0 unspecified atom stereocenters.